The molecule has 23 heavy (non-hydrogen) atoms. The van der Waals surface area contributed by atoms with Gasteiger partial charge in [-0.3, -0.25) is 4.79 Å². The molecule has 0 spiro atoms. The number of rotatable bonds is 8. The molecule has 1 aromatic heterocycles. The highest BCUT2D eigenvalue weighted by Crippen LogP contribution is 2.24. The summed E-state index contributed by atoms with van der Waals surface area (Å²) in [5.74, 6) is 0.203. The number of carbonyl (C=O) groups excluding carboxylic acids is 1. The first-order chi connectivity index (χ1) is 11.1. The van der Waals surface area contributed by atoms with Gasteiger partial charge in [-0.25, -0.2) is 0 Å². The lowest BCUT2D eigenvalue weighted by Crippen LogP contribution is -2.15. The van der Waals surface area contributed by atoms with Crippen LogP contribution in [0.2, 0.25) is 0 Å². The van der Waals surface area contributed by atoms with Crippen molar-refractivity contribution in [2.24, 2.45) is 0 Å². The maximum Gasteiger partial charge on any atom is 0.234 e. The number of aromatic nitrogens is 3. The van der Waals surface area contributed by atoms with Crippen molar-refractivity contribution in [2.45, 2.75) is 25.0 Å². The third-order valence-electron chi connectivity index (χ3n) is 3.06. The molecule has 0 radical (unpaired) electrons. The van der Waals surface area contributed by atoms with Gasteiger partial charge >= 0.3 is 0 Å². The number of amides is 1. The molecule has 0 saturated heterocycles. The largest absolute Gasteiger partial charge is 0.385 e. The number of methoxy groups -OCH3 is 1. The Bertz CT molecular complexity index is 663. The second-order valence-electron chi connectivity index (χ2n) is 4.97. The van der Waals surface area contributed by atoms with Gasteiger partial charge in [0.15, 0.2) is 5.16 Å². The van der Waals surface area contributed by atoms with E-state index in [0.717, 1.165) is 33.8 Å². The van der Waals surface area contributed by atoms with Gasteiger partial charge < -0.3 is 14.6 Å². The Morgan fingerprint density at radius 1 is 1.48 bits per heavy atom. The van der Waals surface area contributed by atoms with E-state index in [1.807, 2.05) is 29.7 Å². The summed E-state index contributed by atoms with van der Waals surface area (Å²) in [6.07, 6.45) is 2.55. The van der Waals surface area contributed by atoms with Crippen LogP contribution in [-0.4, -0.2) is 40.1 Å². The van der Waals surface area contributed by atoms with Gasteiger partial charge in [0, 0.05) is 24.7 Å². The number of benzene rings is 1. The predicted octanol–water partition coefficient (Wildman–Crippen LogP) is 3.12. The first-order valence-electron chi connectivity index (χ1n) is 7.15. The fourth-order valence-corrected chi connectivity index (χ4v) is 3.26. The second-order valence-corrected chi connectivity index (χ2v) is 6.77. The summed E-state index contributed by atoms with van der Waals surface area (Å²) < 4.78 is 7.84. The average molecular weight is 399 g/mol. The van der Waals surface area contributed by atoms with Crippen molar-refractivity contribution >= 4 is 39.3 Å². The molecule has 6 nitrogen and oxygen atoms in total. The molecule has 0 fully saturated rings. The van der Waals surface area contributed by atoms with Crippen molar-refractivity contribution in [1.82, 2.24) is 14.8 Å². The molecule has 0 bridgehead atoms. The average Bonchev–Trinajstić information content (AvgIpc) is 2.96. The lowest BCUT2D eigenvalue weighted by molar-refractivity contribution is -0.113. The number of aryl methyl sites for hydroxylation is 2. The van der Waals surface area contributed by atoms with Gasteiger partial charge in [-0.1, -0.05) is 17.8 Å². The maximum atomic E-state index is 12.1. The van der Waals surface area contributed by atoms with Crippen LogP contribution >= 0.6 is 27.7 Å². The molecule has 1 aromatic carbocycles. The summed E-state index contributed by atoms with van der Waals surface area (Å²) in [6, 6.07) is 5.81. The Labute approximate surface area is 148 Å². The van der Waals surface area contributed by atoms with Gasteiger partial charge in [-0.2, -0.15) is 0 Å². The van der Waals surface area contributed by atoms with Gasteiger partial charge in [0.1, 0.15) is 6.33 Å². The standard InChI is InChI=1S/C15H19BrN4O2S/c1-11-4-5-13(12(16)8-11)18-14(21)9-23-15-19-17-10-20(15)6-3-7-22-2/h4-5,8,10H,3,6-7,9H2,1-2H3,(H,18,21). The molecular formula is C15H19BrN4O2S. The fourth-order valence-electron chi connectivity index (χ4n) is 1.93. The Balaban J connectivity index is 1.86. The molecule has 1 N–H and O–H groups in total. The number of halogens is 1. The highest BCUT2D eigenvalue weighted by molar-refractivity contribution is 9.10. The summed E-state index contributed by atoms with van der Waals surface area (Å²) in [7, 11) is 1.68. The van der Waals surface area contributed by atoms with Gasteiger partial charge in [-0.05, 0) is 47.0 Å². The zero-order chi connectivity index (χ0) is 16.7. The molecule has 1 amide bonds. The highest BCUT2D eigenvalue weighted by Gasteiger charge is 2.10. The predicted molar refractivity (Wildman–Crippen MR) is 94.7 cm³/mol. The van der Waals surface area contributed by atoms with Crippen molar-refractivity contribution in [3.05, 3.63) is 34.6 Å². The minimum absolute atomic E-state index is 0.0778. The molecular weight excluding hydrogens is 380 g/mol. The maximum absolute atomic E-state index is 12.1. The number of ether oxygens (including phenoxy) is 1. The molecule has 8 heteroatoms. The van der Waals surface area contributed by atoms with E-state index in [2.05, 4.69) is 31.4 Å². The van der Waals surface area contributed by atoms with Crippen LogP contribution < -0.4 is 5.32 Å². The fraction of sp³-hybridized carbons (Fsp3) is 0.400. The van der Waals surface area contributed by atoms with Crippen molar-refractivity contribution in [1.29, 1.82) is 0 Å². The van der Waals surface area contributed by atoms with E-state index in [9.17, 15) is 4.79 Å². The zero-order valence-electron chi connectivity index (χ0n) is 13.1. The summed E-state index contributed by atoms with van der Waals surface area (Å²) in [4.78, 5) is 12.1. The number of anilines is 1. The van der Waals surface area contributed by atoms with E-state index in [-0.39, 0.29) is 11.7 Å². The third-order valence-corrected chi connectivity index (χ3v) is 4.70. The minimum atomic E-state index is -0.0778. The first-order valence-corrected chi connectivity index (χ1v) is 8.93. The van der Waals surface area contributed by atoms with Crippen LogP contribution in [0, 0.1) is 6.92 Å². The van der Waals surface area contributed by atoms with Crippen LogP contribution in [0.1, 0.15) is 12.0 Å². The second kappa shape index (κ2) is 9.05. The van der Waals surface area contributed by atoms with Gasteiger partial charge in [0.05, 0.1) is 11.4 Å². The van der Waals surface area contributed by atoms with E-state index in [1.54, 1.807) is 13.4 Å². The lowest BCUT2D eigenvalue weighted by atomic mass is 10.2. The molecule has 0 aliphatic heterocycles. The highest BCUT2D eigenvalue weighted by atomic mass is 79.9. The molecule has 2 aromatic rings. The lowest BCUT2D eigenvalue weighted by Gasteiger charge is -2.08. The number of thioether (sulfide) groups is 1. The van der Waals surface area contributed by atoms with E-state index in [0.29, 0.717) is 6.61 Å². The van der Waals surface area contributed by atoms with Crippen molar-refractivity contribution in [3.63, 3.8) is 0 Å². The molecule has 124 valence electrons. The van der Waals surface area contributed by atoms with Crippen LogP contribution in [0.4, 0.5) is 5.69 Å². The van der Waals surface area contributed by atoms with Crippen LogP contribution in [0.3, 0.4) is 0 Å². The molecule has 0 unspecified atom stereocenters. The molecule has 0 atom stereocenters. The Morgan fingerprint density at radius 3 is 3.04 bits per heavy atom. The van der Waals surface area contributed by atoms with Gasteiger partial charge in [-0.15, -0.1) is 10.2 Å². The molecule has 0 aliphatic rings. The summed E-state index contributed by atoms with van der Waals surface area (Å²) in [6.45, 7) is 3.46. The van der Waals surface area contributed by atoms with Crippen LogP contribution in [0.15, 0.2) is 34.2 Å². The molecule has 0 saturated carbocycles. The van der Waals surface area contributed by atoms with Crippen molar-refractivity contribution in [3.8, 4) is 0 Å². The number of carbonyl (C=O) groups is 1. The van der Waals surface area contributed by atoms with Crippen LogP contribution in [0.25, 0.3) is 0 Å². The van der Waals surface area contributed by atoms with Crippen molar-refractivity contribution < 1.29 is 9.53 Å². The Kier molecular flexibility index (Phi) is 7.07. The van der Waals surface area contributed by atoms with E-state index < -0.39 is 0 Å². The zero-order valence-corrected chi connectivity index (χ0v) is 15.5. The summed E-state index contributed by atoms with van der Waals surface area (Å²) in [5.41, 5.74) is 1.90. The smallest absolute Gasteiger partial charge is 0.234 e. The number of hydrogen-bond acceptors (Lipinski definition) is 5. The van der Waals surface area contributed by atoms with Crippen LogP contribution in [-0.2, 0) is 16.1 Å². The molecule has 2 rings (SSSR count). The van der Waals surface area contributed by atoms with E-state index in [4.69, 9.17) is 4.74 Å². The quantitative estimate of drug-likeness (QED) is 0.546. The van der Waals surface area contributed by atoms with E-state index >= 15 is 0 Å². The molecule has 1 heterocycles. The van der Waals surface area contributed by atoms with Crippen molar-refractivity contribution in [2.75, 3.05) is 24.8 Å². The Hall–Kier alpha value is -1.38. The first kappa shape index (κ1) is 18.0. The number of hydrogen-bond donors (Lipinski definition) is 1. The molecule has 0 aliphatic carbocycles. The summed E-state index contributed by atoms with van der Waals surface area (Å²) in [5, 5.41) is 11.6. The minimum Gasteiger partial charge on any atom is -0.385 e. The SMILES string of the molecule is COCCCn1cnnc1SCC(=O)Nc1ccc(C)cc1Br. The number of nitrogens with one attached hydrogen (secondary N) is 1. The topological polar surface area (TPSA) is 69.0 Å². The third kappa shape index (κ3) is 5.63. The number of nitrogens with zero attached hydrogens (tertiary/aromatic N) is 3. The monoisotopic (exact) mass is 398 g/mol. The normalized spacial score (nSPS) is 10.7. The summed E-state index contributed by atoms with van der Waals surface area (Å²) >= 11 is 4.82. The Morgan fingerprint density at radius 2 is 2.30 bits per heavy atom. The van der Waals surface area contributed by atoms with Crippen LogP contribution in [0.5, 0.6) is 0 Å². The van der Waals surface area contributed by atoms with Gasteiger partial charge in [0.2, 0.25) is 5.91 Å². The van der Waals surface area contributed by atoms with E-state index in [1.165, 1.54) is 11.8 Å². The van der Waals surface area contributed by atoms with Gasteiger partial charge in [0.25, 0.3) is 0 Å².